The van der Waals surface area contributed by atoms with Crippen molar-refractivity contribution >= 4 is 5.57 Å². The summed E-state index contributed by atoms with van der Waals surface area (Å²) >= 11 is 0. The van der Waals surface area contributed by atoms with Gasteiger partial charge in [-0.1, -0.05) is 18.2 Å². The molecule has 0 saturated carbocycles. The maximum absolute atomic E-state index is 10.8. The molecular formula is C19H23NO4. The van der Waals surface area contributed by atoms with Crippen LogP contribution < -0.4 is 19.5 Å². The highest BCUT2D eigenvalue weighted by Gasteiger charge is 2.17. The van der Waals surface area contributed by atoms with Gasteiger partial charge in [0, 0.05) is 18.8 Å². The van der Waals surface area contributed by atoms with E-state index in [1.807, 2.05) is 30.3 Å². The van der Waals surface area contributed by atoms with Crippen molar-refractivity contribution in [3.05, 3.63) is 59.8 Å². The normalized spacial score (nSPS) is 12.5. The molecular weight excluding hydrogens is 306 g/mol. The molecule has 0 saturated heterocycles. The second-order valence-electron chi connectivity index (χ2n) is 5.13. The molecule has 2 aromatic rings. The Morgan fingerprint density at radius 2 is 1.62 bits per heavy atom. The Labute approximate surface area is 142 Å². The Morgan fingerprint density at radius 1 is 0.958 bits per heavy atom. The number of ether oxygens (including phenoxy) is 3. The summed E-state index contributed by atoms with van der Waals surface area (Å²) in [5.74, 6) is 1.97. The van der Waals surface area contributed by atoms with Crippen molar-refractivity contribution < 1.29 is 19.3 Å². The summed E-state index contributed by atoms with van der Waals surface area (Å²) in [5.41, 5.74) is 2.35. The summed E-state index contributed by atoms with van der Waals surface area (Å²) in [5, 5.41) is 13.8. The van der Waals surface area contributed by atoms with E-state index in [9.17, 15) is 5.11 Å². The van der Waals surface area contributed by atoms with Crippen molar-refractivity contribution in [2.24, 2.45) is 0 Å². The zero-order valence-corrected chi connectivity index (χ0v) is 14.4. The lowest BCUT2D eigenvalue weighted by Gasteiger charge is -2.18. The third-order valence-corrected chi connectivity index (χ3v) is 3.74. The number of aliphatic hydroxyl groups is 1. The van der Waals surface area contributed by atoms with Crippen LogP contribution in [0, 0.1) is 0 Å². The lowest BCUT2D eigenvalue weighted by atomic mass is 9.95. The number of nitrogens with one attached hydrogen (secondary N) is 1. The Kier molecular flexibility index (Phi) is 6.09. The molecule has 0 fully saturated rings. The lowest BCUT2D eigenvalue weighted by molar-refractivity contribution is 0.237. The Balaban J connectivity index is 2.38. The van der Waals surface area contributed by atoms with E-state index in [0.717, 1.165) is 16.9 Å². The van der Waals surface area contributed by atoms with Gasteiger partial charge in [0.2, 0.25) is 0 Å². The van der Waals surface area contributed by atoms with E-state index in [-0.39, 0.29) is 0 Å². The summed E-state index contributed by atoms with van der Waals surface area (Å²) < 4.78 is 15.7. The first-order valence-electron chi connectivity index (χ1n) is 7.56. The van der Waals surface area contributed by atoms with Gasteiger partial charge in [0.25, 0.3) is 0 Å². The predicted molar refractivity (Wildman–Crippen MR) is 94.5 cm³/mol. The van der Waals surface area contributed by atoms with Crippen molar-refractivity contribution in [1.29, 1.82) is 0 Å². The number of benzene rings is 2. The molecule has 0 aliphatic heterocycles. The average Bonchev–Trinajstić information content (AvgIpc) is 2.65. The van der Waals surface area contributed by atoms with Gasteiger partial charge in [-0.25, -0.2) is 0 Å². The van der Waals surface area contributed by atoms with Crippen LogP contribution in [0.5, 0.6) is 17.2 Å². The van der Waals surface area contributed by atoms with Crippen LogP contribution in [0.4, 0.5) is 0 Å². The molecule has 2 aromatic carbocycles. The van der Waals surface area contributed by atoms with Crippen molar-refractivity contribution in [3.63, 3.8) is 0 Å². The van der Waals surface area contributed by atoms with E-state index in [2.05, 4.69) is 5.32 Å². The molecule has 1 unspecified atom stereocenters. The highest BCUT2D eigenvalue weighted by Crippen LogP contribution is 2.35. The number of hydrogen-bond donors (Lipinski definition) is 2. The van der Waals surface area contributed by atoms with Crippen molar-refractivity contribution in [2.75, 3.05) is 28.4 Å². The number of rotatable bonds is 7. The molecule has 2 N–H and O–H groups in total. The monoisotopic (exact) mass is 329 g/mol. The van der Waals surface area contributed by atoms with E-state index in [0.29, 0.717) is 17.1 Å². The number of hydrogen-bond acceptors (Lipinski definition) is 5. The molecule has 1 atom stereocenters. The van der Waals surface area contributed by atoms with Crippen LogP contribution in [-0.4, -0.2) is 33.5 Å². The standard InChI is InChI=1S/C19H23NO4/c1-20-12-16(13-5-8-15(22-2)9-6-13)19(21)14-7-10-17(23-3)18(11-14)24-4/h5-12,19-21H,1-4H3/b16-12-. The smallest absolute Gasteiger partial charge is 0.161 e. The van der Waals surface area contributed by atoms with Crippen molar-refractivity contribution in [2.45, 2.75) is 6.10 Å². The zero-order valence-electron chi connectivity index (χ0n) is 14.4. The van der Waals surface area contributed by atoms with Crippen LogP contribution in [0.2, 0.25) is 0 Å². The maximum atomic E-state index is 10.8. The summed E-state index contributed by atoms with van der Waals surface area (Å²) in [6.45, 7) is 0. The van der Waals surface area contributed by atoms with Gasteiger partial charge < -0.3 is 24.6 Å². The van der Waals surface area contributed by atoms with E-state index >= 15 is 0 Å². The van der Waals surface area contributed by atoms with Crippen LogP contribution in [0.1, 0.15) is 17.2 Å². The van der Waals surface area contributed by atoms with Crippen LogP contribution in [0.25, 0.3) is 5.57 Å². The quantitative estimate of drug-likeness (QED) is 0.818. The van der Waals surface area contributed by atoms with E-state index in [4.69, 9.17) is 14.2 Å². The molecule has 0 bridgehead atoms. The molecule has 2 rings (SSSR count). The van der Waals surface area contributed by atoms with Crippen LogP contribution in [-0.2, 0) is 0 Å². The van der Waals surface area contributed by atoms with E-state index < -0.39 is 6.10 Å². The van der Waals surface area contributed by atoms with Crippen molar-refractivity contribution in [1.82, 2.24) is 5.32 Å². The van der Waals surface area contributed by atoms with Gasteiger partial charge in [0.05, 0.1) is 21.3 Å². The van der Waals surface area contributed by atoms with Gasteiger partial charge in [0.1, 0.15) is 11.9 Å². The average molecular weight is 329 g/mol. The fraction of sp³-hybridized carbons (Fsp3) is 0.263. The predicted octanol–water partition coefficient (Wildman–Crippen LogP) is 3.01. The molecule has 0 amide bonds. The molecule has 0 heterocycles. The van der Waals surface area contributed by atoms with Gasteiger partial charge in [0.15, 0.2) is 11.5 Å². The van der Waals surface area contributed by atoms with Gasteiger partial charge in [-0.05, 0) is 35.4 Å². The van der Waals surface area contributed by atoms with Crippen LogP contribution in [0.15, 0.2) is 48.7 Å². The largest absolute Gasteiger partial charge is 0.497 e. The van der Waals surface area contributed by atoms with Gasteiger partial charge in [-0.15, -0.1) is 0 Å². The topological polar surface area (TPSA) is 60.0 Å². The first-order chi connectivity index (χ1) is 11.6. The highest BCUT2D eigenvalue weighted by atomic mass is 16.5. The number of aliphatic hydroxyl groups excluding tert-OH is 1. The zero-order chi connectivity index (χ0) is 17.5. The van der Waals surface area contributed by atoms with Crippen LogP contribution >= 0.6 is 0 Å². The minimum absolute atomic E-state index is 0.576. The third-order valence-electron chi connectivity index (χ3n) is 3.74. The number of methoxy groups -OCH3 is 3. The fourth-order valence-corrected chi connectivity index (χ4v) is 2.46. The third kappa shape index (κ3) is 3.81. The van der Waals surface area contributed by atoms with Gasteiger partial charge in [-0.3, -0.25) is 0 Å². The second-order valence-corrected chi connectivity index (χ2v) is 5.13. The summed E-state index contributed by atoms with van der Waals surface area (Å²) in [6.07, 6.45) is 0.967. The molecule has 0 spiro atoms. The SMILES string of the molecule is CN/C=C(/c1ccc(OC)cc1)C(O)c1ccc(OC)c(OC)c1. The maximum Gasteiger partial charge on any atom is 0.161 e. The second kappa shape index (κ2) is 8.26. The molecule has 24 heavy (non-hydrogen) atoms. The molecule has 128 valence electrons. The van der Waals surface area contributed by atoms with Crippen molar-refractivity contribution in [3.8, 4) is 17.2 Å². The molecule has 0 aliphatic rings. The molecule has 0 aromatic heterocycles. The first-order valence-corrected chi connectivity index (χ1v) is 7.56. The Hall–Kier alpha value is -2.66. The molecule has 0 aliphatic carbocycles. The first kappa shape index (κ1) is 17.7. The minimum Gasteiger partial charge on any atom is -0.497 e. The van der Waals surface area contributed by atoms with Gasteiger partial charge >= 0.3 is 0 Å². The van der Waals surface area contributed by atoms with E-state index in [1.165, 1.54) is 0 Å². The minimum atomic E-state index is -0.814. The molecule has 5 nitrogen and oxygen atoms in total. The van der Waals surface area contributed by atoms with Gasteiger partial charge in [-0.2, -0.15) is 0 Å². The summed E-state index contributed by atoms with van der Waals surface area (Å²) in [6, 6.07) is 12.9. The Morgan fingerprint density at radius 3 is 2.17 bits per heavy atom. The lowest BCUT2D eigenvalue weighted by Crippen LogP contribution is -2.06. The van der Waals surface area contributed by atoms with Crippen LogP contribution in [0.3, 0.4) is 0 Å². The Bertz CT molecular complexity index is 695. The highest BCUT2D eigenvalue weighted by molar-refractivity contribution is 5.71. The molecule has 5 heteroatoms. The summed E-state index contributed by atoms with van der Waals surface area (Å²) in [7, 11) is 6.57. The molecule has 0 radical (unpaired) electrons. The van der Waals surface area contributed by atoms with E-state index in [1.54, 1.807) is 46.7 Å². The fourth-order valence-electron chi connectivity index (χ4n) is 2.46. The summed E-state index contributed by atoms with van der Waals surface area (Å²) in [4.78, 5) is 0.